The molecule has 3 aromatic rings. The molecule has 0 radical (unpaired) electrons. The SMILES string of the molecule is C[C@H]1CN(c2nc(-c3ccc(Cl)cc3)nnc2-c2ccc(Br)cc2)C[C@H](C)N1. The molecule has 2 aromatic carbocycles. The van der Waals surface area contributed by atoms with Crippen molar-refractivity contribution in [2.45, 2.75) is 25.9 Å². The molecule has 144 valence electrons. The van der Waals surface area contributed by atoms with Crippen LogP contribution in [-0.2, 0) is 0 Å². The Morgan fingerprint density at radius 1 is 0.929 bits per heavy atom. The number of nitrogens with zero attached hydrogens (tertiary/aromatic N) is 4. The molecular formula is C21H21BrClN5. The van der Waals surface area contributed by atoms with E-state index in [1.54, 1.807) is 0 Å². The molecular weight excluding hydrogens is 438 g/mol. The first-order valence-electron chi connectivity index (χ1n) is 9.27. The van der Waals surface area contributed by atoms with Crippen LogP contribution in [0.2, 0.25) is 5.02 Å². The second-order valence-electron chi connectivity index (χ2n) is 7.20. The van der Waals surface area contributed by atoms with Gasteiger partial charge < -0.3 is 10.2 Å². The minimum Gasteiger partial charge on any atom is -0.352 e. The van der Waals surface area contributed by atoms with Crippen molar-refractivity contribution in [1.29, 1.82) is 0 Å². The van der Waals surface area contributed by atoms with Gasteiger partial charge in [0.2, 0.25) is 0 Å². The minimum atomic E-state index is 0.371. The third kappa shape index (κ3) is 4.19. The predicted octanol–water partition coefficient (Wildman–Crippen LogP) is 4.81. The van der Waals surface area contributed by atoms with Crippen molar-refractivity contribution in [3.63, 3.8) is 0 Å². The first-order chi connectivity index (χ1) is 13.5. The molecule has 7 heteroatoms. The van der Waals surface area contributed by atoms with E-state index in [0.717, 1.165) is 40.2 Å². The molecule has 1 fully saturated rings. The highest BCUT2D eigenvalue weighted by molar-refractivity contribution is 9.10. The molecule has 0 spiro atoms. The van der Waals surface area contributed by atoms with Gasteiger partial charge in [0.05, 0.1) is 0 Å². The van der Waals surface area contributed by atoms with Gasteiger partial charge in [-0.2, -0.15) is 0 Å². The van der Waals surface area contributed by atoms with Crippen molar-refractivity contribution in [2.24, 2.45) is 0 Å². The third-order valence-corrected chi connectivity index (χ3v) is 5.53. The van der Waals surface area contributed by atoms with Gasteiger partial charge >= 0.3 is 0 Å². The number of hydrogen-bond donors (Lipinski definition) is 1. The van der Waals surface area contributed by atoms with E-state index in [2.05, 4.69) is 50.2 Å². The molecule has 5 nitrogen and oxygen atoms in total. The minimum absolute atomic E-state index is 0.371. The van der Waals surface area contributed by atoms with E-state index in [9.17, 15) is 0 Å². The van der Waals surface area contributed by atoms with Crippen LogP contribution in [0.5, 0.6) is 0 Å². The van der Waals surface area contributed by atoms with Crippen molar-refractivity contribution in [2.75, 3.05) is 18.0 Å². The largest absolute Gasteiger partial charge is 0.352 e. The van der Waals surface area contributed by atoms with Crippen LogP contribution in [0.4, 0.5) is 5.82 Å². The molecule has 1 saturated heterocycles. The fourth-order valence-corrected chi connectivity index (χ4v) is 3.94. The van der Waals surface area contributed by atoms with Crippen molar-refractivity contribution in [1.82, 2.24) is 20.5 Å². The van der Waals surface area contributed by atoms with Gasteiger partial charge in [0.25, 0.3) is 0 Å². The Balaban J connectivity index is 1.81. The summed E-state index contributed by atoms with van der Waals surface area (Å²) in [7, 11) is 0. The molecule has 2 heterocycles. The molecule has 1 aliphatic heterocycles. The average molecular weight is 459 g/mol. The fourth-order valence-electron chi connectivity index (χ4n) is 3.55. The van der Waals surface area contributed by atoms with E-state index in [1.165, 1.54) is 0 Å². The lowest BCUT2D eigenvalue weighted by Gasteiger charge is -2.37. The van der Waals surface area contributed by atoms with Crippen molar-refractivity contribution in [3.05, 3.63) is 58.0 Å². The number of piperazine rings is 1. The average Bonchev–Trinajstić information content (AvgIpc) is 2.68. The summed E-state index contributed by atoms with van der Waals surface area (Å²) in [6.45, 7) is 6.12. The van der Waals surface area contributed by atoms with Gasteiger partial charge in [-0.15, -0.1) is 10.2 Å². The Morgan fingerprint density at radius 2 is 1.54 bits per heavy atom. The molecule has 1 N–H and O–H groups in total. The van der Waals surface area contributed by atoms with Crippen LogP contribution in [0.3, 0.4) is 0 Å². The molecule has 0 unspecified atom stereocenters. The lowest BCUT2D eigenvalue weighted by atomic mass is 10.1. The van der Waals surface area contributed by atoms with Crippen LogP contribution in [0.15, 0.2) is 53.0 Å². The molecule has 28 heavy (non-hydrogen) atoms. The smallest absolute Gasteiger partial charge is 0.183 e. The second kappa shape index (κ2) is 8.15. The summed E-state index contributed by atoms with van der Waals surface area (Å²) in [5.41, 5.74) is 2.70. The van der Waals surface area contributed by atoms with Gasteiger partial charge in [0, 0.05) is 45.8 Å². The van der Waals surface area contributed by atoms with Crippen molar-refractivity contribution >= 4 is 33.3 Å². The summed E-state index contributed by atoms with van der Waals surface area (Å²) in [5, 5.41) is 13.3. The van der Waals surface area contributed by atoms with Crippen LogP contribution in [0.1, 0.15) is 13.8 Å². The van der Waals surface area contributed by atoms with Crippen molar-refractivity contribution < 1.29 is 0 Å². The monoisotopic (exact) mass is 457 g/mol. The van der Waals surface area contributed by atoms with Gasteiger partial charge in [-0.3, -0.25) is 0 Å². The molecule has 2 atom stereocenters. The first kappa shape index (κ1) is 19.3. The van der Waals surface area contributed by atoms with Crippen molar-refractivity contribution in [3.8, 4) is 22.6 Å². The van der Waals surface area contributed by atoms with Gasteiger partial charge in [-0.1, -0.05) is 39.7 Å². The van der Waals surface area contributed by atoms with Crippen LogP contribution >= 0.6 is 27.5 Å². The highest BCUT2D eigenvalue weighted by atomic mass is 79.9. The normalized spacial score (nSPS) is 19.6. The Kier molecular flexibility index (Phi) is 5.62. The third-order valence-electron chi connectivity index (χ3n) is 4.75. The number of anilines is 1. The molecule has 0 saturated carbocycles. The maximum absolute atomic E-state index is 6.03. The molecule has 1 aliphatic rings. The Hall–Kier alpha value is -2.02. The fraction of sp³-hybridized carbons (Fsp3) is 0.286. The van der Waals surface area contributed by atoms with Gasteiger partial charge in [0.15, 0.2) is 11.6 Å². The highest BCUT2D eigenvalue weighted by Gasteiger charge is 2.26. The summed E-state index contributed by atoms with van der Waals surface area (Å²) in [5.74, 6) is 1.47. The molecule has 0 aliphatic carbocycles. The first-order valence-corrected chi connectivity index (χ1v) is 10.4. The maximum atomic E-state index is 6.03. The zero-order valence-corrected chi connectivity index (χ0v) is 18.1. The van der Waals surface area contributed by atoms with E-state index in [-0.39, 0.29) is 0 Å². The summed E-state index contributed by atoms with van der Waals surface area (Å²) in [6, 6.07) is 16.4. The van der Waals surface area contributed by atoms with Gasteiger partial charge in [0.1, 0.15) is 5.69 Å². The van der Waals surface area contributed by atoms with Crippen LogP contribution in [0.25, 0.3) is 22.6 Å². The number of nitrogens with one attached hydrogen (secondary N) is 1. The van der Waals surface area contributed by atoms with E-state index in [0.29, 0.717) is 22.9 Å². The second-order valence-corrected chi connectivity index (χ2v) is 8.55. The maximum Gasteiger partial charge on any atom is 0.183 e. The van der Waals surface area contributed by atoms with Gasteiger partial charge in [-0.25, -0.2) is 4.98 Å². The number of hydrogen-bond acceptors (Lipinski definition) is 5. The summed E-state index contributed by atoms with van der Waals surface area (Å²) < 4.78 is 1.03. The number of aromatic nitrogens is 3. The lowest BCUT2D eigenvalue weighted by molar-refractivity contribution is 0.405. The van der Waals surface area contributed by atoms with Crippen LogP contribution in [-0.4, -0.2) is 40.4 Å². The molecule has 1 aromatic heterocycles. The number of rotatable bonds is 3. The molecule has 4 rings (SSSR count). The Morgan fingerprint density at radius 3 is 2.18 bits per heavy atom. The summed E-state index contributed by atoms with van der Waals surface area (Å²) >= 11 is 9.52. The zero-order valence-electron chi connectivity index (χ0n) is 15.7. The quantitative estimate of drug-likeness (QED) is 0.610. The van der Waals surface area contributed by atoms with Gasteiger partial charge in [-0.05, 0) is 50.2 Å². The summed E-state index contributed by atoms with van der Waals surface area (Å²) in [6.07, 6.45) is 0. The predicted molar refractivity (Wildman–Crippen MR) is 118 cm³/mol. The molecule has 0 amide bonds. The van der Waals surface area contributed by atoms with E-state index < -0.39 is 0 Å². The highest BCUT2D eigenvalue weighted by Crippen LogP contribution is 2.31. The number of halogens is 2. The lowest BCUT2D eigenvalue weighted by Crippen LogP contribution is -2.54. The summed E-state index contributed by atoms with van der Waals surface area (Å²) in [4.78, 5) is 7.24. The van der Waals surface area contributed by atoms with E-state index >= 15 is 0 Å². The van der Waals surface area contributed by atoms with E-state index in [1.807, 2.05) is 48.5 Å². The van der Waals surface area contributed by atoms with Crippen LogP contribution in [0, 0.1) is 0 Å². The van der Waals surface area contributed by atoms with Crippen LogP contribution < -0.4 is 10.2 Å². The topological polar surface area (TPSA) is 53.9 Å². The Bertz CT molecular complexity index is 952. The Labute approximate surface area is 178 Å². The molecule has 0 bridgehead atoms. The van der Waals surface area contributed by atoms with E-state index in [4.69, 9.17) is 16.6 Å². The zero-order chi connectivity index (χ0) is 19.7. The standard InChI is InChI=1S/C21H21BrClN5/c1-13-11-28(12-14(2)24-13)21-19(15-3-7-17(22)8-4-15)26-27-20(25-21)16-5-9-18(23)10-6-16/h3-10,13-14,24H,11-12H2,1-2H3/t13-,14-/m0/s1. The number of benzene rings is 2.